The molecule has 4 aromatic carbocycles. The summed E-state index contributed by atoms with van der Waals surface area (Å²) in [7, 11) is 0. The van der Waals surface area contributed by atoms with Gasteiger partial charge >= 0.3 is 12.1 Å². The number of carboxylic acids is 1. The molecule has 0 fully saturated rings. The van der Waals surface area contributed by atoms with E-state index in [9.17, 15) is 19.5 Å². The molecular weight excluding hydrogens is 532 g/mol. The Labute approximate surface area is 244 Å². The molecule has 0 saturated heterocycles. The van der Waals surface area contributed by atoms with Gasteiger partial charge in [0.25, 0.3) is 0 Å². The number of aryl methyl sites for hydroxylation is 1. The average molecular weight is 565 g/mol. The number of hydrogen-bond acceptors (Lipinski definition) is 5. The summed E-state index contributed by atoms with van der Waals surface area (Å²) in [6, 6.07) is 28.9. The number of carbonyl (C=O) groups excluding carboxylic acids is 2. The van der Waals surface area contributed by atoms with Crippen molar-refractivity contribution >= 4 is 23.7 Å². The third-order valence-corrected chi connectivity index (χ3v) is 7.46. The Morgan fingerprint density at radius 2 is 1.48 bits per heavy atom. The number of rotatable bonds is 10. The quantitative estimate of drug-likeness (QED) is 0.213. The van der Waals surface area contributed by atoms with Crippen molar-refractivity contribution in [3.05, 3.63) is 125 Å². The highest BCUT2D eigenvalue weighted by atomic mass is 16.5. The highest BCUT2D eigenvalue weighted by molar-refractivity contribution is 5.98. The summed E-state index contributed by atoms with van der Waals surface area (Å²) in [5, 5.41) is 14.8. The van der Waals surface area contributed by atoms with E-state index in [0.717, 1.165) is 27.8 Å². The second-order valence-corrected chi connectivity index (χ2v) is 10.3. The molecule has 214 valence electrons. The summed E-state index contributed by atoms with van der Waals surface area (Å²) in [5.74, 6) is -1.71. The minimum absolute atomic E-state index is 0.100. The summed E-state index contributed by atoms with van der Waals surface area (Å²) < 4.78 is 11.7. The van der Waals surface area contributed by atoms with Gasteiger partial charge in [0.15, 0.2) is 0 Å². The van der Waals surface area contributed by atoms with Crippen molar-refractivity contribution < 1.29 is 29.0 Å². The highest BCUT2D eigenvalue weighted by Gasteiger charge is 2.32. The molecule has 0 radical (unpaired) electrons. The molecule has 0 aliphatic heterocycles. The Hall–Kier alpha value is -4.95. The number of alkyl carbamates (subject to hydrolysis) is 1. The molecule has 2 amide bonds. The lowest BCUT2D eigenvalue weighted by molar-refractivity contribution is -0.121. The summed E-state index contributed by atoms with van der Waals surface area (Å²) in [6.45, 7) is 3.75. The van der Waals surface area contributed by atoms with Gasteiger partial charge in [-0.3, -0.25) is 4.79 Å². The molecule has 1 aliphatic rings. The second-order valence-electron chi connectivity index (χ2n) is 10.3. The molecule has 8 nitrogen and oxygen atoms in total. The van der Waals surface area contributed by atoms with E-state index in [1.165, 1.54) is 18.2 Å². The van der Waals surface area contributed by atoms with E-state index in [2.05, 4.69) is 22.8 Å². The van der Waals surface area contributed by atoms with Gasteiger partial charge in [0, 0.05) is 11.6 Å². The van der Waals surface area contributed by atoms with Crippen LogP contribution in [-0.4, -0.2) is 41.8 Å². The van der Waals surface area contributed by atoms with Crippen LogP contribution in [0.1, 0.15) is 45.5 Å². The van der Waals surface area contributed by atoms with Crippen LogP contribution in [0.25, 0.3) is 11.1 Å². The van der Waals surface area contributed by atoms with Crippen LogP contribution >= 0.6 is 0 Å². The molecule has 0 heterocycles. The Morgan fingerprint density at radius 3 is 2.10 bits per heavy atom. The maximum absolute atomic E-state index is 13.5. The molecule has 42 heavy (non-hydrogen) atoms. The molecule has 4 aromatic rings. The van der Waals surface area contributed by atoms with Gasteiger partial charge in [0.1, 0.15) is 12.6 Å². The molecule has 8 heteroatoms. The smallest absolute Gasteiger partial charge is 0.407 e. The van der Waals surface area contributed by atoms with E-state index in [-0.39, 0.29) is 24.7 Å². The van der Waals surface area contributed by atoms with Crippen molar-refractivity contribution in [2.24, 2.45) is 0 Å². The fourth-order valence-electron chi connectivity index (χ4n) is 5.21. The maximum atomic E-state index is 13.5. The second kappa shape index (κ2) is 12.7. The first kappa shape index (κ1) is 28.6. The first-order valence-corrected chi connectivity index (χ1v) is 13.7. The van der Waals surface area contributed by atoms with Crippen molar-refractivity contribution in [1.29, 1.82) is 0 Å². The van der Waals surface area contributed by atoms with Crippen LogP contribution in [0.15, 0.2) is 97.1 Å². The van der Waals surface area contributed by atoms with E-state index in [4.69, 9.17) is 9.47 Å². The Morgan fingerprint density at radius 1 is 0.857 bits per heavy atom. The van der Waals surface area contributed by atoms with Crippen LogP contribution in [0.2, 0.25) is 0 Å². The SMILES string of the molecule is Cc1cc(C(=O)O)ccc1NC(=O)[C@H](NC(=O)OCC1c2ccccc2-c2ccccc21)[C@H](C)OCc1ccccc1. The summed E-state index contributed by atoms with van der Waals surface area (Å²) >= 11 is 0. The normalized spacial score (nSPS) is 13.4. The van der Waals surface area contributed by atoms with Crippen molar-refractivity contribution in [1.82, 2.24) is 5.32 Å². The third-order valence-electron chi connectivity index (χ3n) is 7.46. The average Bonchev–Trinajstić information content (AvgIpc) is 3.32. The lowest BCUT2D eigenvalue weighted by Crippen LogP contribution is -2.51. The van der Waals surface area contributed by atoms with E-state index in [1.807, 2.05) is 66.7 Å². The van der Waals surface area contributed by atoms with Crippen molar-refractivity contribution in [2.45, 2.75) is 38.5 Å². The van der Waals surface area contributed by atoms with Gasteiger partial charge in [-0.2, -0.15) is 0 Å². The third kappa shape index (κ3) is 6.34. The Kier molecular flexibility index (Phi) is 8.64. The van der Waals surface area contributed by atoms with Gasteiger partial charge in [-0.05, 0) is 65.4 Å². The molecule has 0 unspecified atom stereocenters. The van der Waals surface area contributed by atoms with Gasteiger partial charge in [-0.1, -0.05) is 78.9 Å². The number of fused-ring (bicyclic) bond motifs is 3. The fourth-order valence-corrected chi connectivity index (χ4v) is 5.21. The first-order valence-electron chi connectivity index (χ1n) is 13.7. The van der Waals surface area contributed by atoms with Crippen molar-refractivity contribution in [3.8, 4) is 11.1 Å². The van der Waals surface area contributed by atoms with Crippen LogP contribution in [0, 0.1) is 6.92 Å². The highest BCUT2D eigenvalue weighted by Crippen LogP contribution is 2.44. The first-order chi connectivity index (χ1) is 20.3. The maximum Gasteiger partial charge on any atom is 0.407 e. The van der Waals surface area contributed by atoms with E-state index in [0.29, 0.717) is 11.3 Å². The molecule has 0 saturated carbocycles. The Bertz CT molecular complexity index is 1560. The predicted octanol–water partition coefficient (Wildman–Crippen LogP) is 6.14. The molecule has 3 N–H and O–H groups in total. The minimum atomic E-state index is -1.09. The van der Waals surface area contributed by atoms with Gasteiger partial charge in [-0.25, -0.2) is 9.59 Å². The zero-order chi connectivity index (χ0) is 29.6. The number of aromatic carboxylic acids is 1. The predicted molar refractivity (Wildman–Crippen MR) is 159 cm³/mol. The molecule has 0 aromatic heterocycles. The molecular formula is C34H32N2O6. The zero-order valence-corrected chi connectivity index (χ0v) is 23.4. The van der Waals surface area contributed by atoms with Crippen LogP contribution in [0.5, 0.6) is 0 Å². The molecule has 2 atom stereocenters. The summed E-state index contributed by atoms with van der Waals surface area (Å²) in [5.41, 5.74) is 6.43. The zero-order valence-electron chi connectivity index (χ0n) is 23.4. The number of anilines is 1. The molecule has 0 bridgehead atoms. The van der Waals surface area contributed by atoms with Crippen LogP contribution in [0.3, 0.4) is 0 Å². The lowest BCUT2D eigenvalue weighted by atomic mass is 9.98. The van der Waals surface area contributed by atoms with Gasteiger partial charge in [0.05, 0.1) is 18.3 Å². The topological polar surface area (TPSA) is 114 Å². The van der Waals surface area contributed by atoms with E-state index >= 15 is 0 Å². The number of carboxylic acid groups (broad SMARTS) is 1. The van der Waals surface area contributed by atoms with Crippen molar-refractivity contribution in [3.63, 3.8) is 0 Å². The van der Waals surface area contributed by atoms with Crippen LogP contribution in [0.4, 0.5) is 10.5 Å². The molecule has 1 aliphatic carbocycles. The number of ether oxygens (including phenoxy) is 2. The summed E-state index contributed by atoms with van der Waals surface area (Å²) in [4.78, 5) is 37.9. The summed E-state index contributed by atoms with van der Waals surface area (Å²) in [6.07, 6.45) is -1.46. The standard InChI is InChI=1S/C34H32N2O6/c1-21-18-24(33(38)39)16-17-30(21)35-32(37)31(22(2)41-19-23-10-4-3-5-11-23)36-34(40)42-20-29-27-14-8-6-12-25(27)26-13-7-9-15-28(26)29/h3-18,22,29,31H,19-20H2,1-2H3,(H,35,37)(H,36,40)(H,38,39)/t22-,31+/m0/s1. The van der Waals surface area contributed by atoms with Crippen molar-refractivity contribution in [2.75, 3.05) is 11.9 Å². The Balaban J connectivity index is 1.30. The fraction of sp³-hybridized carbons (Fsp3) is 0.206. The molecule has 5 rings (SSSR count). The van der Waals surface area contributed by atoms with Gasteiger partial charge in [-0.15, -0.1) is 0 Å². The monoisotopic (exact) mass is 564 g/mol. The van der Waals surface area contributed by atoms with E-state index in [1.54, 1.807) is 13.8 Å². The van der Waals surface area contributed by atoms with E-state index < -0.39 is 30.1 Å². The van der Waals surface area contributed by atoms with Gasteiger partial charge in [0.2, 0.25) is 5.91 Å². The number of nitrogens with one attached hydrogen (secondary N) is 2. The number of hydrogen-bond donors (Lipinski definition) is 3. The lowest BCUT2D eigenvalue weighted by Gasteiger charge is -2.25. The van der Waals surface area contributed by atoms with Crippen LogP contribution < -0.4 is 10.6 Å². The minimum Gasteiger partial charge on any atom is -0.478 e. The largest absolute Gasteiger partial charge is 0.478 e. The van der Waals surface area contributed by atoms with Gasteiger partial charge < -0.3 is 25.2 Å². The van der Waals surface area contributed by atoms with Crippen LogP contribution in [-0.2, 0) is 20.9 Å². The number of benzene rings is 4. The number of amides is 2. The number of carbonyl (C=O) groups is 3. The molecule has 0 spiro atoms.